The van der Waals surface area contributed by atoms with E-state index in [0.29, 0.717) is 5.11 Å². The summed E-state index contributed by atoms with van der Waals surface area (Å²) in [7, 11) is 0. The van der Waals surface area contributed by atoms with Crippen LogP contribution < -0.4 is 16.4 Å². The van der Waals surface area contributed by atoms with Crippen molar-refractivity contribution in [1.82, 2.24) is 10.6 Å². The number of nitrogens with one attached hydrogen (secondary N) is 2. The normalized spacial score (nSPS) is 8.50. The zero-order chi connectivity index (χ0) is 7.98. The van der Waals surface area contributed by atoms with Crippen molar-refractivity contribution >= 4 is 23.2 Å². The van der Waals surface area contributed by atoms with Gasteiger partial charge in [-0.15, -0.1) is 0 Å². The molecule has 10 heavy (non-hydrogen) atoms. The van der Waals surface area contributed by atoms with E-state index in [1.807, 2.05) is 6.92 Å². The van der Waals surface area contributed by atoms with Gasteiger partial charge in [-0.1, -0.05) is 0 Å². The number of hydrogen-bond donors (Lipinski definition) is 3. The first-order valence-electron chi connectivity index (χ1n) is 2.96. The molecule has 1 amide bonds. The van der Waals surface area contributed by atoms with Crippen molar-refractivity contribution in [2.24, 2.45) is 5.73 Å². The molecule has 0 saturated carbocycles. The molecule has 0 heterocycles. The largest absolute Gasteiger partial charge is 0.368 e. The smallest absolute Gasteiger partial charge is 0.236 e. The maximum absolute atomic E-state index is 10.2. The van der Waals surface area contributed by atoms with Gasteiger partial charge in [0.15, 0.2) is 5.11 Å². The van der Waals surface area contributed by atoms with Gasteiger partial charge in [-0.25, -0.2) is 0 Å². The summed E-state index contributed by atoms with van der Waals surface area (Å²) in [4.78, 5) is 10.2. The fourth-order valence-corrected chi connectivity index (χ4v) is 0.607. The summed E-state index contributed by atoms with van der Waals surface area (Å²) < 4.78 is 0. The van der Waals surface area contributed by atoms with Crippen molar-refractivity contribution < 1.29 is 4.79 Å². The SMILES string of the molecule is CCNC(=S)NCC(N)=O. The van der Waals surface area contributed by atoms with Crippen molar-refractivity contribution in [3.63, 3.8) is 0 Å². The quantitative estimate of drug-likeness (QED) is 0.462. The molecule has 0 bridgehead atoms. The summed E-state index contributed by atoms with van der Waals surface area (Å²) in [5, 5.41) is 5.90. The molecule has 0 rings (SSSR count). The van der Waals surface area contributed by atoms with Crippen LogP contribution in [0.4, 0.5) is 0 Å². The molecule has 0 fully saturated rings. The van der Waals surface area contributed by atoms with Crippen LogP contribution in [0.3, 0.4) is 0 Å². The van der Waals surface area contributed by atoms with Crippen molar-refractivity contribution in [2.45, 2.75) is 6.92 Å². The molecule has 0 spiro atoms. The molecule has 0 aliphatic heterocycles. The lowest BCUT2D eigenvalue weighted by molar-refractivity contribution is -0.116. The number of nitrogens with two attached hydrogens (primary N) is 1. The summed E-state index contributed by atoms with van der Waals surface area (Å²) in [5.41, 5.74) is 4.85. The maximum atomic E-state index is 10.2. The van der Waals surface area contributed by atoms with Gasteiger partial charge in [0.2, 0.25) is 5.91 Å². The molecule has 0 unspecified atom stereocenters. The molecule has 0 atom stereocenters. The van der Waals surface area contributed by atoms with Gasteiger partial charge in [0.1, 0.15) is 0 Å². The fraction of sp³-hybridized carbons (Fsp3) is 0.600. The average Bonchev–Trinajstić information content (AvgIpc) is 1.85. The Labute approximate surface area is 65.2 Å². The summed E-state index contributed by atoms with van der Waals surface area (Å²) >= 11 is 4.74. The van der Waals surface area contributed by atoms with Gasteiger partial charge in [0.25, 0.3) is 0 Å². The summed E-state index contributed by atoms with van der Waals surface area (Å²) in [6, 6.07) is 0. The Balaban J connectivity index is 3.30. The van der Waals surface area contributed by atoms with E-state index in [2.05, 4.69) is 10.6 Å². The number of thiocarbonyl (C=S) groups is 1. The molecule has 5 heteroatoms. The van der Waals surface area contributed by atoms with Crippen LogP contribution in [0.2, 0.25) is 0 Å². The molecule has 0 aliphatic rings. The van der Waals surface area contributed by atoms with Crippen LogP contribution in [0, 0.1) is 0 Å². The monoisotopic (exact) mass is 161 g/mol. The Morgan fingerprint density at radius 1 is 1.60 bits per heavy atom. The van der Waals surface area contributed by atoms with E-state index in [1.54, 1.807) is 0 Å². The van der Waals surface area contributed by atoms with E-state index in [-0.39, 0.29) is 6.54 Å². The molecule has 0 radical (unpaired) electrons. The third kappa shape index (κ3) is 5.30. The second-order valence-corrected chi connectivity index (χ2v) is 2.09. The molecule has 4 nitrogen and oxygen atoms in total. The number of amides is 1. The Bertz CT molecular complexity index is 137. The van der Waals surface area contributed by atoms with Crippen LogP contribution in [-0.2, 0) is 4.79 Å². The maximum Gasteiger partial charge on any atom is 0.236 e. The Morgan fingerprint density at radius 2 is 2.20 bits per heavy atom. The lowest BCUT2D eigenvalue weighted by Crippen LogP contribution is -2.39. The number of rotatable bonds is 3. The van der Waals surface area contributed by atoms with E-state index in [1.165, 1.54) is 0 Å². The summed E-state index contributed by atoms with van der Waals surface area (Å²) in [5.74, 6) is -0.416. The predicted octanol–water partition coefficient (Wildman–Crippen LogP) is -1.04. The van der Waals surface area contributed by atoms with Gasteiger partial charge >= 0.3 is 0 Å². The molecule has 0 saturated heterocycles. The van der Waals surface area contributed by atoms with Crippen LogP contribution in [0.1, 0.15) is 6.92 Å². The first-order chi connectivity index (χ1) is 4.66. The minimum absolute atomic E-state index is 0.0891. The van der Waals surface area contributed by atoms with E-state index in [9.17, 15) is 4.79 Å². The van der Waals surface area contributed by atoms with Crippen molar-refractivity contribution in [1.29, 1.82) is 0 Å². The molecule has 0 aromatic heterocycles. The minimum atomic E-state index is -0.416. The number of hydrogen-bond acceptors (Lipinski definition) is 2. The average molecular weight is 161 g/mol. The van der Waals surface area contributed by atoms with Crippen LogP contribution in [0.25, 0.3) is 0 Å². The molecular formula is C5H11N3OS. The molecule has 4 N–H and O–H groups in total. The van der Waals surface area contributed by atoms with Gasteiger partial charge in [0.05, 0.1) is 6.54 Å². The number of carbonyl (C=O) groups excluding carboxylic acids is 1. The molecular weight excluding hydrogens is 150 g/mol. The first-order valence-corrected chi connectivity index (χ1v) is 3.37. The summed E-state index contributed by atoms with van der Waals surface area (Å²) in [6.07, 6.45) is 0. The predicted molar refractivity (Wildman–Crippen MR) is 43.5 cm³/mol. The van der Waals surface area contributed by atoms with Gasteiger partial charge in [-0.05, 0) is 19.1 Å². The molecule has 58 valence electrons. The van der Waals surface area contributed by atoms with Crippen LogP contribution in [0.5, 0.6) is 0 Å². The number of primary amides is 1. The van der Waals surface area contributed by atoms with Crippen molar-refractivity contribution in [2.75, 3.05) is 13.1 Å². The van der Waals surface area contributed by atoms with Gasteiger partial charge in [0, 0.05) is 6.54 Å². The highest BCUT2D eigenvalue weighted by molar-refractivity contribution is 7.80. The Morgan fingerprint density at radius 3 is 2.60 bits per heavy atom. The zero-order valence-corrected chi connectivity index (χ0v) is 6.62. The van der Waals surface area contributed by atoms with Crippen LogP contribution in [-0.4, -0.2) is 24.1 Å². The topological polar surface area (TPSA) is 67.2 Å². The van der Waals surface area contributed by atoms with E-state index in [0.717, 1.165) is 6.54 Å². The Kier molecular flexibility index (Phi) is 4.57. The van der Waals surface area contributed by atoms with Crippen LogP contribution in [0.15, 0.2) is 0 Å². The van der Waals surface area contributed by atoms with E-state index in [4.69, 9.17) is 18.0 Å². The zero-order valence-electron chi connectivity index (χ0n) is 5.81. The van der Waals surface area contributed by atoms with E-state index >= 15 is 0 Å². The second-order valence-electron chi connectivity index (χ2n) is 1.68. The molecule has 0 aliphatic carbocycles. The van der Waals surface area contributed by atoms with E-state index < -0.39 is 5.91 Å². The third-order valence-corrected chi connectivity index (χ3v) is 1.05. The van der Waals surface area contributed by atoms with Crippen LogP contribution >= 0.6 is 12.2 Å². The van der Waals surface area contributed by atoms with Gasteiger partial charge in [-0.2, -0.15) is 0 Å². The highest BCUT2D eigenvalue weighted by Crippen LogP contribution is 1.64. The minimum Gasteiger partial charge on any atom is -0.368 e. The molecule has 0 aromatic rings. The highest BCUT2D eigenvalue weighted by Gasteiger charge is 1.94. The fourth-order valence-electron chi connectivity index (χ4n) is 0.390. The number of carbonyl (C=O) groups is 1. The summed E-state index contributed by atoms with van der Waals surface area (Å²) in [6.45, 7) is 2.74. The highest BCUT2D eigenvalue weighted by atomic mass is 32.1. The van der Waals surface area contributed by atoms with Gasteiger partial charge < -0.3 is 16.4 Å². The molecule has 0 aromatic carbocycles. The van der Waals surface area contributed by atoms with Gasteiger partial charge in [-0.3, -0.25) is 4.79 Å². The lowest BCUT2D eigenvalue weighted by Gasteiger charge is -2.05. The lowest BCUT2D eigenvalue weighted by atomic mass is 10.6. The first kappa shape index (κ1) is 9.16. The second kappa shape index (κ2) is 4.99. The standard InChI is InChI=1S/C5H11N3OS/c1-2-7-5(10)8-3-4(6)9/h2-3H2,1H3,(H2,6,9)(H2,7,8,10). The Hall–Kier alpha value is -0.840. The van der Waals surface area contributed by atoms with Crippen molar-refractivity contribution in [3.05, 3.63) is 0 Å². The third-order valence-electron chi connectivity index (χ3n) is 0.761. The van der Waals surface area contributed by atoms with Crippen molar-refractivity contribution in [3.8, 4) is 0 Å².